The summed E-state index contributed by atoms with van der Waals surface area (Å²) in [5, 5.41) is 12.7. The van der Waals surface area contributed by atoms with Crippen molar-refractivity contribution in [1.29, 1.82) is 0 Å². The first-order valence-electron chi connectivity index (χ1n) is 12.0. The van der Waals surface area contributed by atoms with Gasteiger partial charge in [0.25, 0.3) is 5.91 Å². The van der Waals surface area contributed by atoms with Crippen LogP contribution in [-0.2, 0) is 4.79 Å². The molecule has 0 radical (unpaired) electrons. The average molecular weight is 509 g/mol. The molecule has 0 saturated carbocycles. The number of nitrogens with zero attached hydrogens (tertiary/aromatic N) is 1. The van der Waals surface area contributed by atoms with Crippen molar-refractivity contribution < 1.29 is 28.6 Å². The molecule has 1 unspecified atom stereocenters. The lowest BCUT2D eigenvalue weighted by Crippen LogP contribution is -2.31. The Hall–Kier alpha value is -4.98. The molecule has 6 rings (SSSR count). The molecule has 8 heteroatoms. The van der Waals surface area contributed by atoms with Gasteiger partial charge in [-0.2, -0.15) is 0 Å². The number of aromatic nitrogens is 1. The molecule has 1 aliphatic heterocycles. The van der Waals surface area contributed by atoms with Crippen LogP contribution in [0.5, 0.6) is 11.5 Å². The Balaban J connectivity index is 1.57. The van der Waals surface area contributed by atoms with Crippen LogP contribution in [-0.4, -0.2) is 36.0 Å². The number of fused-ring (bicyclic) bond motifs is 2. The number of anilines is 1. The highest BCUT2D eigenvalue weighted by molar-refractivity contribution is 6.21. The van der Waals surface area contributed by atoms with E-state index in [9.17, 15) is 14.7 Å². The minimum Gasteiger partial charge on any atom is -0.503 e. The van der Waals surface area contributed by atoms with Gasteiger partial charge in [-0.1, -0.05) is 36.4 Å². The number of nitrogens with one attached hydrogen (secondary N) is 1. The highest BCUT2D eigenvalue weighted by Crippen LogP contribution is 2.46. The topological polar surface area (TPSA) is 105 Å². The number of aryl methyl sites for hydroxylation is 1. The molecule has 1 amide bonds. The molecule has 5 aromatic rings. The van der Waals surface area contributed by atoms with Crippen molar-refractivity contribution >= 4 is 39.2 Å². The van der Waals surface area contributed by atoms with Gasteiger partial charge in [-0.25, -0.2) is 0 Å². The van der Waals surface area contributed by atoms with Crippen LogP contribution in [0.25, 0.3) is 21.9 Å². The number of ketones is 1. The normalized spacial score (nSPS) is 15.6. The molecular formula is C30H24N2O6. The fraction of sp³-hybridized carbons (Fsp3) is 0.133. The van der Waals surface area contributed by atoms with Gasteiger partial charge < -0.3 is 24.0 Å². The van der Waals surface area contributed by atoms with Crippen molar-refractivity contribution in [2.45, 2.75) is 13.0 Å². The summed E-state index contributed by atoms with van der Waals surface area (Å²) in [6, 6.07) is 20.6. The van der Waals surface area contributed by atoms with Gasteiger partial charge in [0.2, 0.25) is 5.78 Å². The molecule has 0 fully saturated rings. The van der Waals surface area contributed by atoms with E-state index in [1.807, 2.05) is 31.2 Å². The smallest absolute Gasteiger partial charge is 0.294 e. The number of hydrogen-bond acceptors (Lipinski definition) is 6. The first-order chi connectivity index (χ1) is 18.4. The number of carbonyl (C=O) groups is 2. The molecule has 1 aliphatic rings. The summed E-state index contributed by atoms with van der Waals surface area (Å²) in [5.41, 5.74) is 3.14. The third-order valence-corrected chi connectivity index (χ3v) is 6.95. The van der Waals surface area contributed by atoms with Gasteiger partial charge in [-0.05, 0) is 37.3 Å². The van der Waals surface area contributed by atoms with E-state index < -0.39 is 23.5 Å². The summed E-state index contributed by atoms with van der Waals surface area (Å²) in [4.78, 5) is 32.5. The maximum atomic E-state index is 14.1. The molecule has 3 heterocycles. The second-order valence-corrected chi connectivity index (χ2v) is 9.07. The van der Waals surface area contributed by atoms with Gasteiger partial charge in [0.1, 0.15) is 5.75 Å². The number of benzene rings is 3. The standard InChI is InChI=1S/C30H24N2O6/c1-16-24(20-11-4-5-12-21(20)31-16)26-25(27(33)23-14-17-8-6-13-22(37-3)29(17)38-23)28(34)30(35)32(26)18-9-7-10-19(15-18)36-2/h4-15,26,31,34H,1-3H3. The predicted octanol–water partition coefficient (Wildman–Crippen LogP) is 6.02. The summed E-state index contributed by atoms with van der Waals surface area (Å²) in [7, 11) is 3.05. The predicted molar refractivity (Wildman–Crippen MR) is 143 cm³/mol. The van der Waals surface area contributed by atoms with Gasteiger partial charge >= 0.3 is 0 Å². The minimum atomic E-state index is -0.923. The molecule has 8 nitrogen and oxygen atoms in total. The molecule has 190 valence electrons. The number of furan rings is 1. The van der Waals surface area contributed by atoms with E-state index in [1.165, 1.54) is 19.1 Å². The number of ether oxygens (including phenoxy) is 2. The van der Waals surface area contributed by atoms with E-state index in [2.05, 4.69) is 4.98 Å². The van der Waals surface area contributed by atoms with Gasteiger partial charge in [0.15, 0.2) is 22.9 Å². The number of rotatable bonds is 6. The zero-order chi connectivity index (χ0) is 26.6. The monoisotopic (exact) mass is 508 g/mol. The largest absolute Gasteiger partial charge is 0.503 e. The van der Waals surface area contributed by atoms with Crippen molar-refractivity contribution in [1.82, 2.24) is 4.98 Å². The number of hydrogen-bond donors (Lipinski definition) is 2. The highest BCUT2D eigenvalue weighted by atomic mass is 16.5. The molecule has 0 aliphatic carbocycles. The molecule has 2 N–H and O–H groups in total. The van der Waals surface area contributed by atoms with Crippen LogP contribution in [0, 0.1) is 6.92 Å². The Kier molecular flexibility index (Phi) is 5.45. The Bertz CT molecular complexity index is 1780. The number of para-hydroxylation sites is 2. The van der Waals surface area contributed by atoms with Crippen molar-refractivity contribution in [2.24, 2.45) is 0 Å². The number of aliphatic hydroxyl groups excluding tert-OH is 1. The van der Waals surface area contributed by atoms with Crippen molar-refractivity contribution in [2.75, 3.05) is 19.1 Å². The van der Waals surface area contributed by atoms with E-state index in [0.717, 1.165) is 16.6 Å². The molecule has 2 aromatic heterocycles. The fourth-order valence-electron chi connectivity index (χ4n) is 5.23. The maximum absolute atomic E-state index is 14.1. The van der Waals surface area contributed by atoms with Gasteiger partial charge in [0.05, 0.1) is 25.8 Å². The first kappa shape index (κ1) is 23.4. The first-order valence-corrected chi connectivity index (χ1v) is 12.0. The lowest BCUT2D eigenvalue weighted by Gasteiger charge is -2.27. The second kappa shape index (κ2) is 8.85. The zero-order valence-corrected chi connectivity index (χ0v) is 20.9. The maximum Gasteiger partial charge on any atom is 0.294 e. The fourth-order valence-corrected chi connectivity index (χ4v) is 5.23. The third-order valence-electron chi connectivity index (χ3n) is 6.95. The summed E-state index contributed by atoms with van der Waals surface area (Å²) < 4.78 is 16.7. The van der Waals surface area contributed by atoms with Crippen LogP contribution in [0.3, 0.4) is 0 Å². The lowest BCUT2D eigenvalue weighted by molar-refractivity contribution is -0.117. The van der Waals surface area contributed by atoms with E-state index in [0.29, 0.717) is 33.7 Å². The van der Waals surface area contributed by atoms with Crippen LogP contribution in [0.2, 0.25) is 0 Å². The van der Waals surface area contributed by atoms with Gasteiger partial charge in [-0.15, -0.1) is 0 Å². The van der Waals surface area contributed by atoms with Gasteiger partial charge in [0, 0.05) is 39.3 Å². The molecule has 1 atom stereocenters. The summed E-state index contributed by atoms with van der Waals surface area (Å²) in [6.07, 6.45) is 0. The Morgan fingerprint density at radius 3 is 2.58 bits per heavy atom. The zero-order valence-electron chi connectivity index (χ0n) is 20.9. The van der Waals surface area contributed by atoms with Crippen LogP contribution in [0.4, 0.5) is 5.69 Å². The Morgan fingerprint density at radius 1 is 1.00 bits per heavy atom. The quantitative estimate of drug-likeness (QED) is 0.272. The minimum absolute atomic E-state index is 0.00571. The highest BCUT2D eigenvalue weighted by Gasteiger charge is 2.47. The van der Waals surface area contributed by atoms with Crippen LogP contribution < -0.4 is 14.4 Å². The third kappa shape index (κ3) is 3.45. The summed E-state index contributed by atoms with van der Waals surface area (Å²) >= 11 is 0. The molecule has 0 saturated heterocycles. The average Bonchev–Trinajstić information content (AvgIpc) is 3.59. The number of carbonyl (C=O) groups excluding carboxylic acids is 2. The summed E-state index contributed by atoms with van der Waals surface area (Å²) in [6.45, 7) is 1.88. The number of aliphatic hydroxyl groups is 1. The van der Waals surface area contributed by atoms with Crippen LogP contribution in [0.15, 0.2) is 88.5 Å². The van der Waals surface area contributed by atoms with Crippen molar-refractivity contribution in [3.63, 3.8) is 0 Å². The number of H-pyrrole nitrogens is 1. The second-order valence-electron chi connectivity index (χ2n) is 9.07. The molecular weight excluding hydrogens is 484 g/mol. The molecule has 3 aromatic carbocycles. The summed E-state index contributed by atoms with van der Waals surface area (Å²) in [5.74, 6) is -0.898. The van der Waals surface area contributed by atoms with Crippen molar-refractivity contribution in [3.05, 3.63) is 101 Å². The molecule has 0 bridgehead atoms. The number of amides is 1. The lowest BCUT2D eigenvalue weighted by atomic mass is 9.92. The van der Waals surface area contributed by atoms with Crippen molar-refractivity contribution in [3.8, 4) is 11.5 Å². The number of aromatic amines is 1. The number of methoxy groups -OCH3 is 2. The Morgan fingerprint density at radius 2 is 1.79 bits per heavy atom. The molecule has 38 heavy (non-hydrogen) atoms. The van der Waals surface area contributed by atoms with Gasteiger partial charge in [-0.3, -0.25) is 14.5 Å². The number of Topliss-reactive ketones (excluding diaryl/α,β-unsaturated/α-hetero) is 1. The SMILES string of the molecule is COc1cccc(N2C(=O)C(O)=C(C(=O)c3cc4cccc(OC)c4o3)C2c2c(C)[nH]c3ccccc23)c1. The molecule has 0 spiro atoms. The van der Waals surface area contributed by atoms with Crippen LogP contribution >= 0.6 is 0 Å². The van der Waals surface area contributed by atoms with E-state index in [-0.39, 0.29) is 11.3 Å². The van der Waals surface area contributed by atoms with Crippen LogP contribution in [0.1, 0.15) is 27.9 Å². The Labute approximate surface area is 217 Å². The van der Waals surface area contributed by atoms with E-state index in [1.54, 1.807) is 48.5 Å². The van der Waals surface area contributed by atoms with E-state index in [4.69, 9.17) is 13.9 Å². The van der Waals surface area contributed by atoms with E-state index >= 15 is 0 Å².